The molecule has 0 aliphatic heterocycles. The summed E-state index contributed by atoms with van der Waals surface area (Å²) in [5.74, 6) is -2.54. The number of aromatic nitrogens is 1. The van der Waals surface area contributed by atoms with Gasteiger partial charge >= 0.3 is 6.18 Å². The Bertz CT molecular complexity index is 1060. The van der Waals surface area contributed by atoms with Crippen molar-refractivity contribution in [2.75, 3.05) is 6.26 Å². The molecule has 3 rings (SSSR count). The van der Waals surface area contributed by atoms with Gasteiger partial charge in [-0.3, -0.25) is 0 Å². The van der Waals surface area contributed by atoms with Crippen molar-refractivity contribution >= 4 is 9.84 Å². The summed E-state index contributed by atoms with van der Waals surface area (Å²) in [4.78, 5) is -0.604. The van der Waals surface area contributed by atoms with Crippen LogP contribution in [0.2, 0.25) is 0 Å². The van der Waals surface area contributed by atoms with E-state index in [-0.39, 0.29) is 11.3 Å². The molecular formula is C17H11F4NO3S. The second-order valence-electron chi connectivity index (χ2n) is 5.52. The van der Waals surface area contributed by atoms with E-state index in [1.54, 1.807) is 18.2 Å². The number of sulfone groups is 1. The molecule has 136 valence electrons. The number of halogens is 4. The Labute approximate surface area is 146 Å². The first-order valence-electron chi connectivity index (χ1n) is 7.21. The average molecular weight is 385 g/mol. The Morgan fingerprint density at radius 1 is 1.00 bits per heavy atom. The molecule has 0 fully saturated rings. The molecule has 0 amide bonds. The maximum Gasteiger partial charge on any atom is 0.453 e. The van der Waals surface area contributed by atoms with Crippen molar-refractivity contribution in [3.63, 3.8) is 0 Å². The molecule has 1 aromatic heterocycles. The van der Waals surface area contributed by atoms with Crippen molar-refractivity contribution in [2.45, 2.75) is 11.1 Å². The number of benzene rings is 2. The summed E-state index contributed by atoms with van der Waals surface area (Å²) in [6, 6.07) is 10.7. The zero-order chi connectivity index (χ0) is 19.1. The highest BCUT2D eigenvalue weighted by molar-refractivity contribution is 7.90. The average Bonchev–Trinajstić information content (AvgIpc) is 2.99. The van der Waals surface area contributed by atoms with E-state index in [0.717, 1.165) is 24.5 Å². The summed E-state index contributed by atoms with van der Waals surface area (Å²) < 4.78 is 81.6. The molecule has 0 N–H and O–H groups in total. The monoisotopic (exact) mass is 385 g/mol. The fourth-order valence-electron chi connectivity index (χ4n) is 2.50. The van der Waals surface area contributed by atoms with Crippen molar-refractivity contribution in [2.24, 2.45) is 0 Å². The predicted molar refractivity (Wildman–Crippen MR) is 85.4 cm³/mol. The number of alkyl halides is 3. The molecule has 26 heavy (non-hydrogen) atoms. The van der Waals surface area contributed by atoms with Crippen LogP contribution >= 0.6 is 0 Å². The molecule has 0 saturated heterocycles. The van der Waals surface area contributed by atoms with Gasteiger partial charge in [-0.05, 0) is 17.7 Å². The first-order valence-corrected chi connectivity index (χ1v) is 9.10. The third-order valence-corrected chi connectivity index (χ3v) is 4.75. The topological polar surface area (TPSA) is 60.2 Å². The SMILES string of the molecule is CS(=O)(=O)c1ccc(-c2c(-c3ccccc3)noc2C(F)(F)F)cc1F. The van der Waals surface area contributed by atoms with Gasteiger partial charge in [0, 0.05) is 11.8 Å². The maximum absolute atomic E-state index is 14.2. The Kier molecular flexibility index (Phi) is 4.35. The van der Waals surface area contributed by atoms with Gasteiger partial charge in [-0.1, -0.05) is 41.6 Å². The van der Waals surface area contributed by atoms with Crippen LogP contribution in [0.3, 0.4) is 0 Å². The van der Waals surface area contributed by atoms with E-state index in [4.69, 9.17) is 0 Å². The molecule has 0 aliphatic rings. The summed E-state index contributed by atoms with van der Waals surface area (Å²) in [5.41, 5.74) is -0.427. The zero-order valence-electron chi connectivity index (χ0n) is 13.2. The summed E-state index contributed by atoms with van der Waals surface area (Å²) in [6.45, 7) is 0. The summed E-state index contributed by atoms with van der Waals surface area (Å²) in [7, 11) is -3.86. The summed E-state index contributed by atoms with van der Waals surface area (Å²) in [6.07, 6.45) is -4.05. The van der Waals surface area contributed by atoms with Gasteiger partial charge in [-0.15, -0.1) is 0 Å². The van der Waals surface area contributed by atoms with Crippen LogP contribution in [0, 0.1) is 5.82 Å². The molecule has 2 aromatic carbocycles. The normalized spacial score (nSPS) is 12.3. The van der Waals surface area contributed by atoms with Crippen LogP contribution in [-0.4, -0.2) is 19.8 Å². The lowest BCUT2D eigenvalue weighted by molar-refractivity contribution is -0.154. The van der Waals surface area contributed by atoms with E-state index in [1.165, 1.54) is 12.1 Å². The number of nitrogens with zero attached hydrogens (tertiary/aromatic N) is 1. The molecule has 4 nitrogen and oxygen atoms in total. The van der Waals surface area contributed by atoms with Gasteiger partial charge in [0.2, 0.25) is 5.76 Å². The van der Waals surface area contributed by atoms with Crippen molar-refractivity contribution < 1.29 is 30.5 Å². The lowest BCUT2D eigenvalue weighted by Crippen LogP contribution is -2.06. The fourth-order valence-corrected chi connectivity index (χ4v) is 3.23. The molecule has 0 saturated carbocycles. The molecule has 0 atom stereocenters. The number of hydrogen-bond acceptors (Lipinski definition) is 4. The van der Waals surface area contributed by atoms with Crippen LogP contribution in [0.5, 0.6) is 0 Å². The lowest BCUT2D eigenvalue weighted by atomic mass is 9.99. The second-order valence-corrected chi connectivity index (χ2v) is 7.50. The van der Waals surface area contributed by atoms with Crippen LogP contribution in [0.1, 0.15) is 5.76 Å². The third-order valence-electron chi connectivity index (χ3n) is 3.62. The minimum absolute atomic E-state index is 0.121. The van der Waals surface area contributed by atoms with Crippen molar-refractivity contribution in [3.8, 4) is 22.4 Å². The van der Waals surface area contributed by atoms with Crippen molar-refractivity contribution in [3.05, 3.63) is 60.1 Å². The van der Waals surface area contributed by atoms with E-state index in [0.29, 0.717) is 5.56 Å². The van der Waals surface area contributed by atoms with Gasteiger partial charge in [0.15, 0.2) is 9.84 Å². The highest BCUT2D eigenvalue weighted by Crippen LogP contribution is 2.43. The van der Waals surface area contributed by atoms with E-state index < -0.39 is 38.0 Å². The second kappa shape index (κ2) is 6.24. The molecule has 1 heterocycles. The van der Waals surface area contributed by atoms with Crippen molar-refractivity contribution in [1.29, 1.82) is 0 Å². The van der Waals surface area contributed by atoms with Crippen LogP contribution in [0.4, 0.5) is 17.6 Å². The molecule has 0 radical (unpaired) electrons. The smallest absolute Gasteiger partial charge is 0.350 e. The van der Waals surface area contributed by atoms with Gasteiger partial charge in [-0.2, -0.15) is 13.2 Å². The van der Waals surface area contributed by atoms with Crippen LogP contribution in [0.15, 0.2) is 57.9 Å². The molecule has 9 heteroatoms. The van der Waals surface area contributed by atoms with E-state index in [9.17, 15) is 26.0 Å². The minimum atomic E-state index is -4.86. The summed E-state index contributed by atoms with van der Waals surface area (Å²) >= 11 is 0. The van der Waals surface area contributed by atoms with E-state index in [1.807, 2.05) is 0 Å². The molecular weight excluding hydrogens is 374 g/mol. The van der Waals surface area contributed by atoms with E-state index in [2.05, 4.69) is 9.68 Å². The zero-order valence-corrected chi connectivity index (χ0v) is 14.0. The largest absolute Gasteiger partial charge is 0.453 e. The molecule has 3 aromatic rings. The van der Waals surface area contributed by atoms with Gasteiger partial charge < -0.3 is 4.52 Å². The lowest BCUT2D eigenvalue weighted by Gasteiger charge is -2.09. The van der Waals surface area contributed by atoms with Gasteiger partial charge in [0.05, 0.1) is 5.56 Å². The van der Waals surface area contributed by atoms with Crippen LogP contribution in [-0.2, 0) is 16.0 Å². The third kappa shape index (κ3) is 3.34. The van der Waals surface area contributed by atoms with Crippen LogP contribution in [0.25, 0.3) is 22.4 Å². The Morgan fingerprint density at radius 3 is 2.19 bits per heavy atom. The molecule has 0 spiro atoms. The minimum Gasteiger partial charge on any atom is -0.350 e. The summed E-state index contributed by atoms with van der Waals surface area (Å²) in [5, 5.41) is 3.49. The van der Waals surface area contributed by atoms with Gasteiger partial charge in [-0.25, -0.2) is 12.8 Å². The molecule has 0 unspecified atom stereocenters. The standard InChI is InChI=1S/C17H11F4NO3S/c1-26(23,24)13-8-7-11(9-12(13)18)14-15(10-5-3-2-4-6-10)22-25-16(14)17(19,20)21/h2-9H,1H3. The van der Waals surface area contributed by atoms with Crippen LogP contribution < -0.4 is 0 Å². The number of hydrogen-bond donors (Lipinski definition) is 0. The van der Waals surface area contributed by atoms with Gasteiger partial charge in [0.25, 0.3) is 0 Å². The number of rotatable bonds is 3. The maximum atomic E-state index is 14.2. The fraction of sp³-hybridized carbons (Fsp3) is 0.118. The molecule has 0 bridgehead atoms. The highest BCUT2D eigenvalue weighted by atomic mass is 32.2. The first kappa shape index (κ1) is 18.1. The molecule has 0 aliphatic carbocycles. The van der Waals surface area contributed by atoms with Gasteiger partial charge in [0.1, 0.15) is 16.4 Å². The Hall–Kier alpha value is -2.68. The highest BCUT2D eigenvalue weighted by Gasteiger charge is 2.41. The Morgan fingerprint density at radius 2 is 1.65 bits per heavy atom. The van der Waals surface area contributed by atoms with E-state index >= 15 is 0 Å². The predicted octanol–water partition coefficient (Wildman–Crippen LogP) is 4.57. The van der Waals surface area contributed by atoms with Crippen molar-refractivity contribution in [1.82, 2.24) is 5.16 Å². The quantitative estimate of drug-likeness (QED) is 0.620. The Balaban J connectivity index is 2.27. The first-order chi connectivity index (χ1) is 12.1.